The molecule has 4 unspecified atom stereocenters. The number of ether oxygens (including phenoxy) is 3. The predicted octanol–water partition coefficient (Wildman–Crippen LogP) is 0.352. The monoisotopic (exact) mass is 320 g/mol. The quantitative estimate of drug-likeness (QED) is 0.435. The highest BCUT2D eigenvalue weighted by molar-refractivity contribution is 6.38. The fourth-order valence-corrected chi connectivity index (χ4v) is 2.63. The molecule has 0 saturated carbocycles. The summed E-state index contributed by atoms with van der Waals surface area (Å²) in [6.45, 7) is 0.239. The molecule has 1 aliphatic carbocycles. The summed E-state index contributed by atoms with van der Waals surface area (Å²) in [5.74, 6) is -1.26. The topological polar surface area (TPSA) is 68.3 Å². The third kappa shape index (κ3) is 3.89. The largest absolute Gasteiger partial charge is 0.411 e. The number of hydrogen-bond acceptors (Lipinski definition) is 5. The molecule has 2 radical (unpaired) electrons. The van der Waals surface area contributed by atoms with Crippen LogP contribution in [0.1, 0.15) is 6.92 Å². The van der Waals surface area contributed by atoms with Crippen molar-refractivity contribution in [3.05, 3.63) is 11.5 Å². The third-order valence-corrected chi connectivity index (χ3v) is 3.71. The van der Waals surface area contributed by atoms with E-state index in [1.54, 1.807) is 6.92 Å². The zero-order valence-electron chi connectivity index (χ0n) is 11.9. The van der Waals surface area contributed by atoms with Crippen molar-refractivity contribution in [2.75, 3.05) is 26.4 Å². The highest BCUT2D eigenvalue weighted by Gasteiger charge is 2.58. The number of ketones is 1. The molecule has 4 atom stereocenters. The van der Waals surface area contributed by atoms with Crippen molar-refractivity contribution in [2.24, 2.45) is 5.92 Å². The second-order valence-corrected chi connectivity index (χ2v) is 5.42. The van der Waals surface area contributed by atoms with E-state index in [9.17, 15) is 23.1 Å². The van der Waals surface area contributed by atoms with Crippen LogP contribution < -0.4 is 0 Å². The first-order valence-corrected chi connectivity index (χ1v) is 6.77. The Morgan fingerprint density at radius 3 is 2.73 bits per heavy atom. The summed E-state index contributed by atoms with van der Waals surface area (Å²) in [4.78, 5) is 11.7. The highest BCUT2D eigenvalue weighted by atomic mass is 19.4. The van der Waals surface area contributed by atoms with Gasteiger partial charge in [0.2, 0.25) is 0 Å². The number of aliphatic hydroxyl groups excluding tert-OH is 1. The van der Waals surface area contributed by atoms with Crippen LogP contribution in [0, 0.1) is 5.92 Å². The minimum atomic E-state index is -4.38. The average Bonchev–Trinajstić information content (AvgIpc) is 3.14. The second-order valence-electron chi connectivity index (χ2n) is 5.42. The number of alkyl halides is 3. The summed E-state index contributed by atoms with van der Waals surface area (Å²) in [5, 5.41) is 10.1. The number of epoxide rings is 1. The van der Waals surface area contributed by atoms with Gasteiger partial charge in [-0.15, -0.1) is 0 Å². The van der Waals surface area contributed by atoms with Crippen molar-refractivity contribution >= 4 is 13.6 Å². The van der Waals surface area contributed by atoms with Crippen molar-refractivity contribution in [3.8, 4) is 0 Å². The Morgan fingerprint density at radius 2 is 2.18 bits per heavy atom. The Balaban J connectivity index is 1.85. The van der Waals surface area contributed by atoms with Gasteiger partial charge in [-0.1, -0.05) is 11.5 Å². The third-order valence-electron chi connectivity index (χ3n) is 3.71. The molecule has 0 bridgehead atoms. The SMILES string of the molecule is [B]C1=CC2(CO2)C(C(C)OCCOCC(F)(F)F)C(O)C1=O. The number of Topliss-reactive ketones (excluding diaryl/α,β-unsaturated/α-hetero) is 1. The Bertz CT molecular complexity index is 461. The van der Waals surface area contributed by atoms with Gasteiger partial charge < -0.3 is 19.3 Å². The van der Waals surface area contributed by atoms with E-state index in [0.717, 1.165) is 0 Å². The fraction of sp³-hybridized carbons (Fsp3) is 0.769. The Kier molecular flexibility index (Phi) is 5.01. The van der Waals surface area contributed by atoms with Gasteiger partial charge >= 0.3 is 6.18 Å². The van der Waals surface area contributed by atoms with Crippen LogP contribution in [0.15, 0.2) is 11.5 Å². The lowest BCUT2D eigenvalue weighted by Crippen LogP contribution is -2.50. The molecule has 22 heavy (non-hydrogen) atoms. The molecule has 2 rings (SSSR count). The molecule has 9 heteroatoms. The lowest BCUT2D eigenvalue weighted by molar-refractivity contribution is -0.178. The molecule has 0 aromatic heterocycles. The summed E-state index contributed by atoms with van der Waals surface area (Å²) in [6.07, 6.45) is -4.89. The molecule has 5 nitrogen and oxygen atoms in total. The van der Waals surface area contributed by atoms with Crippen LogP contribution >= 0.6 is 0 Å². The first-order chi connectivity index (χ1) is 10.2. The Hall–Kier alpha value is -0.895. The Labute approximate surface area is 126 Å². The van der Waals surface area contributed by atoms with E-state index in [1.165, 1.54) is 6.08 Å². The molecule has 1 saturated heterocycles. The van der Waals surface area contributed by atoms with Crippen LogP contribution in [0.5, 0.6) is 0 Å². The van der Waals surface area contributed by atoms with Gasteiger partial charge in [-0.05, 0) is 6.92 Å². The first kappa shape index (κ1) is 17.5. The number of aliphatic hydroxyl groups is 1. The van der Waals surface area contributed by atoms with Crippen LogP contribution in [-0.2, 0) is 19.0 Å². The zero-order chi connectivity index (χ0) is 16.5. The van der Waals surface area contributed by atoms with Crippen molar-refractivity contribution in [2.45, 2.75) is 30.9 Å². The van der Waals surface area contributed by atoms with Gasteiger partial charge in [-0.3, -0.25) is 4.79 Å². The molecule has 0 amide bonds. The molecule has 0 aromatic rings. The van der Waals surface area contributed by atoms with Crippen LogP contribution in [0.2, 0.25) is 0 Å². The van der Waals surface area contributed by atoms with Gasteiger partial charge in [0.1, 0.15) is 26.2 Å². The average molecular weight is 320 g/mol. The standard InChI is InChI=1S/C13H16BF3O5/c1-7(21-3-2-20-6-13(15,16)17)9-11(19)10(18)8(14)4-12(9)5-22-12/h4,7,9,11,19H,2-3,5-6H2,1H3. The van der Waals surface area contributed by atoms with Gasteiger partial charge in [-0.2, -0.15) is 13.2 Å². The number of halogens is 3. The maximum Gasteiger partial charge on any atom is 0.411 e. The number of carbonyl (C=O) groups excluding carboxylic acids is 1. The molecule has 0 aromatic carbocycles. The van der Waals surface area contributed by atoms with E-state index >= 15 is 0 Å². The maximum absolute atomic E-state index is 11.9. The van der Waals surface area contributed by atoms with Gasteiger partial charge in [0.05, 0.1) is 31.8 Å². The fourth-order valence-electron chi connectivity index (χ4n) is 2.63. The van der Waals surface area contributed by atoms with Crippen molar-refractivity contribution in [3.63, 3.8) is 0 Å². The zero-order valence-corrected chi connectivity index (χ0v) is 11.9. The molecule has 1 fully saturated rings. The number of carbonyl (C=O) groups is 1. The molecule has 1 aliphatic heterocycles. The summed E-state index contributed by atoms with van der Waals surface area (Å²) >= 11 is 0. The van der Waals surface area contributed by atoms with Crippen LogP contribution in [0.25, 0.3) is 0 Å². The minimum absolute atomic E-state index is 0.0537. The Morgan fingerprint density at radius 1 is 1.55 bits per heavy atom. The predicted molar refractivity (Wildman–Crippen MR) is 69.3 cm³/mol. The van der Waals surface area contributed by atoms with Crippen molar-refractivity contribution < 1.29 is 37.3 Å². The van der Waals surface area contributed by atoms with E-state index < -0.39 is 42.3 Å². The molecule has 122 valence electrons. The molecule has 1 N–H and O–H groups in total. The normalized spacial score (nSPS) is 33.0. The molecule has 1 spiro atoms. The van der Waals surface area contributed by atoms with Crippen LogP contribution in [-0.4, -0.2) is 69.1 Å². The van der Waals surface area contributed by atoms with E-state index in [1.807, 2.05) is 0 Å². The minimum Gasteiger partial charge on any atom is -0.384 e. The van der Waals surface area contributed by atoms with Gasteiger partial charge in [-0.25, -0.2) is 0 Å². The van der Waals surface area contributed by atoms with Gasteiger partial charge in [0.15, 0.2) is 5.78 Å². The van der Waals surface area contributed by atoms with Crippen LogP contribution in [0.3, 0.4) is 0 Å². The lowest BCUT2D eigenvalue weighted by Gasteiger charge is -2.35. The van der Waals surface area contributed by atoms with Crippen molar-refractivity contribution in [1.82, 2.24) is 0 Å². The van der Waals surface area contributed by atoms with E-state index in [2.05, 4.69) is 4.74 Å². The van der Waals surface area contributed by atoms with Crippen molar-refractivity contribution in [1.29, 1.82) is 0 Å². The number of rotatable bonds is 6. The summed E-state index contributed by atoms with van der Waals surface area (Å²) in [6, 6.07) is 0. The van der Waals surface area contributed by atoms with Crippen LogP contribution in [0.4, 0.5) is 13.2 Å². The van der Waals surface area contributed by atoms with E-state index in [-0.39, 0.29) is 18.7 Å². The van der Waals surface area contributed by atoms with E-state index in [0.29, 0.717) is 6.61 Å². The van der Waals surface area contributed by atoms with Gasteiger partial charge in [0.25, 0.3) is 0 Å². The molecular weight excluding hydrogens is 304 g/mol. The summed E-state index contributed by atoms with van der Waals surface area (Å²) < 4.78 is 50.8. The lowest BCUT2D eigenvalue weighted by atomic mass is 9.70. The summed E-state index contributed by atoms with van der Waals surface area (Å²) in [7, 11) is 5.53. The molecular formula is C13H16BF3O5. The first-order valence-electron chi connectivity index (χ1n) is 6.77. The highest BCUT2D eigenvalue weighted by Crippen LogP contribution is 2.45. The molecule has 2 aliphatic rings. The summed E-state index contributed by atoms with van der Waals surface area (Å²) in [5.41, 5.74) is -0.883. The van der Waals surface area contributed by atoms with Gasteiger partial charge in [0, 0.05) is 0 Å². The van der Waals surface area contributed by atoms with E-state index in [4.69, 9.17) is 17.3 Å². The number of hydrogen-bond donors (Lipinski definition) is 1. The maximum atomic E-state index is 11.9. The second kappa shape index (κ2) is 6.31. The smallest absolute Gasteiger partial charge is 0.384 e. The molecule has 1 heterocycles.